The van der Waals surface area contributed by atoms with Crippen LogP contribution < -0.4 is 15.2 Å². The summed E-state index contributed by atoms with van der Waals surface area (Å²) < 4.78 is 7.81. The molecular formula is C27H35N3O6. The van der Waals surface area contributed by atoms with Gasteiger partial charge in [-0.05, 0) is 43.6 Å². The first-order chi connectivity index (χ1) is 17.3. The lowest BCUT2D eigenvalue weighted by Crippen LogP contribution is -2.38. The van der Waals surface area contributed by atoms with Gasteiger partial charge in [-0.3, -0.25) is 4.79 Å². The Bertz CT molecular complexity index is 1090. The number of nitrogens with zero attached hydrogens (tertiary/aromatic N) is 3. The van der Waals surface area contributed by atoms with Gasteiger partial charge in [0.2, 0.25) is 0 Å². The molecule has 0 spiro atoms. The van der Waals surface area contributed by atoms with Crippen molar-refractivity contribution < 1.29 is 24.5 Å². The minimum atomic E-state index is -1.82. The Labute approximate surface area is 211 Å². The zero-order valence-corrected chi connectivity index (χ0v) is 20.7. The van der Waals surface area contributed by atoms with Crippen molar-refractivity contribution in [2.24, 2.45) is 18.9 Å². The minimum Gasteiger partial charge on any atom is -0.493 e. The second-order valence-electron chi connectivity index (χ2n) is 9.31. The molecule has 2 N–H and O–H groups in total. The third-order valence-corrected chi connectivity index (χ3v) is 6.69. The van der Waals surface area contributed by atoms with Gasteiger partial charge in [0.15, 0.2) is 5.82 Å². The molecule has 194 valence electrons. The lowest BCUT2D eigenvalue weighted by atomic mass is 9.90. The first-order valence-corrected chi connectivity index (χ1v) is 12.5. The van der Waals surface area contributed by atoms with Crippen LogP contribution in [0.4, 0.5) is 5.82 Å². The molecule has 2 fully saturated rings. The number of aryl methyl sites for hydroxylation is 1. The molecule has 1 saturated carbocycles. The fourth-order valence-electron chi connectivity index (χ4n) is 4.56. The van der Waals surface area contributed by atoms with Crippen LogP contribution in [0.15, 0.2) is 47.5 Å². The fourth-order valence-corrected chi connectivity index (χ4v) is 4.56. The Morgan fingerprint density at radius 3 is 2.39 bits per heavy atom. The van der Waals surface area contributed by atoms with E-state index in [1.165, 1.54) is 32.1 Å². The average Bonchev–Trinajstić information content (AvgIpc) is 2.89. The van der Waals surface area contributed by atoms with Gasteiger partial charge < -0.3 is 24.4 Å². The molecule has 2 aliphatic rings. The third-order valence-electron chi connectivity index (χ3n) is 6.69. The number of benzene rings is 1. The van der Waals surface area contributed by atoms with Gasteiger partial charge in [-0.2, -0.15) is 0 Å². The second-order valence-corrected chi connectivity index (χ2v) is 9.31. The maximum Gasteiger partial charge on any atom is 0.414 e. The van der Waals surface area contributed by atoms with E-state index < -0.39 is 11.9 Å². The smallest absolute Gasteiger partial charge is 0.414 e. The number of para-hydroxylation sites is 1. The lowest BCUT2D eigenvalue weighted by Gasteiger charge is -2.31. The van der Waals surface area contributed by atoms with Crippen molar-refractivity contribution in [3.63, 3.8) is 0 Å². The highest BCUT2D eigenvalue weighted by molar-refractivity contribution is 6.27. The van der Waals surface area contributed by atoms with Gasteiger partial charge in [0, 0.05) is 38.1 Å². The van der Waals surface area contributed by atoms with E-state index in [2.05, 4.69) is 46.3 Å². The summed E-state index contributed by atoms with van der Waals surface area (Å²) in [6.45, 7) is 2.56. The fraction of sp³-hybridized carbons (Fsp3) is 0.481. The average molecular weight is 498 g/mol. The second kappa shape index (κ2) is 13.5. The Balaban J connectivity index is 0.000000538. The number of hydrogen-bond acceptors (Lipinski definition) is 6. The predicted octanol–water partition coefficient (Wildman–Crippen LogP) is 3.82. The summed E-state index contributed by atoms with van der Waals surface area (Å²) in [4.78, 5) is 36.9. The number of hydrogen-bond donors (Lipinski definition) is 2. The zero-order chi connectivity index (χ0) is 25.9. The number of carboxylic acid groups (broad SMARTS) is 2. The quantitative estimate of drug-likeness (QED) is 0.578. The molecule has 1 aromatic carbocycles. The topological polar surface area (TPSA) is 122 Å². The Morgan fingerprint density at radius 2 is 1.72 bits per heavy atom. The standard InChI is InChI=1S/C25H33N3O2.C2H2O4/c1-27-18-15-26-24(25(27)29)28-16-13-20(14-17-28)11-12-22-9-5-6-10-23(22)30-19-21-7-3-2-4-8-21;3-1(4)2(5)6/h5-6,9-12,15,18,20-21H,2-4,7-8,13-14,16-17,19H2,1H3;(H,3,4)(H,5,6)/b12-11+;. The largest absolute Gasteiger partial charge is 0.493 e. The molecule has 36 heavy (non-hydrogen) atoms. The summed E-state index contributed by atoms with van der Waals surface area (Å²) in [6, 6.07) is 8.35. The monoisotopic (exact) mass is 497 g/mol. The Hall–Kier alpha value is -3.62. The summed E-state index contributed by atoms with van der Waals surface area (Å²) in [6.07, 6.45) is 16.7. The maximum atomic E-state index is 12.3. The van der Waals surface area contributed by atoms with Crippen molar-refractivity contribution >= 4 is 23.8 Å². The molecule has 1 aromatic heterocycles. The van der Waals surface area contributed by atoms with Crippen LogP contribution in [0.5, 0.6) is 5.75 Å². The number of carboxylic acids is 2. The van der Waals surface area contributed by atoms with E-state index in [-0.39, 0.29) is 5.56 Å². The molecule has 2 aromatic rings. The van der Waals surface area contributed by atoms with E-state index in [0.29, 0.717) is 17.7 Å². The molecule has 4 rings (SSSR count). The Morgan fingerprint density at radius 1 is 1.06 bits per heavy atom. The van der Waals surface area contributed by atoms with E-state index in [4.69, 9.17) is 24.5 Å². The first kappa shape index (κ1) is 27.0. The van der Waals surface area contributed by atoms with Gasteiger partial charge in [-0.25, -0.2) is 14.6 Å². The molecule has 0 atom stereocenters. The molecule has 0 radical (unpaired) electrons. The highest BCUT2D eigenvalue weighted by Crippen LogP contribution is 2.27. The van der Waals surface area contributed by atoms with Gasteiger partial charge in [0.05, 0.1) is 6.61 Å². The first-order valence-electron chi connectivity index (χ1n) is 12.5. The van der Waals surface area contributed by atoms with Gasteiger partial charge in [0.25, 0.3) is 5.56 Å². The molecule has 1 aliphatic heterocycles. The SMILES string of the molecule is Cn1ccnc(N2CCC(/C=C/c3ccccc3OCC3CCCCC3)CC2)c1=O.O=C(O)C(=O)O. The van der Waals surface area contributed by atoms with Gasteiger partial charge in [0.1, 0.15) is 5.75 Å². The van der Waals surface area contributed by atoms with Gasteiger partial charge in [-0.1, -0.05) is 49.6 Å². The summed E-state index contributed by atoms with van der Waals surface area (Å²) in [5.41, 5.74) is 1.14. The van der Waals surface area contributed by atoms with Crippen LogP contribution in [0.1, 0.15) is 50.5 Å². The van der Waals surface area contributed by atoms with Crippen molar-refractivity contribution in [2.75, 3.05) is 24.6 Å². The minimum absolute atomic E-state index is 0.0180. The Kier molecular flexibility index (Phi) is 10.1. The van der Waals surface area contributed by atoms with Crippen molar-refractivity contribution in [3.05, 3.63) is 58.7 Å². The number of ether oxygens (including phenoxy) is 1. The predicted molar refractivity (Wildman–Crippen MR) is 137 cm³/mol. The summed E-state index contributed by atoms with van der Waals surface area (Å²) >= 11 is 0. The number of anilines is 1. The number of aromatic nitrogens is 2. The molecular weight excluding hydrogens is 462 g/mol. The molecule has 1 saturated heterocycles. The molecule has 9 nitrogen and oxygen atoms in total. The normalized spacial score (nSPS) is 16.9. The molecule has 2 heterocycles. The number of rotatable bonds is 6. The van der Waals surface area contributed by atoms with Gasteiger partial charge >= 0.3 is 11.9 Å². The highest BCUT2D eigenvalue weighted by atomic mass is 16.5. The van der Waals surface area contributed by atoms with E-state index in [1.807, 2.05) is 0 Å². The van der Waals surface area contributed by atoms with Crippen LogP contribution in [0, 0.1) is 11.8 Å². The third kappa shape index (κ3) is 7.96. The van der Waals surface area contributed by atoms with E-state index in [9.17, 15) is 4.79 Å². The lowest BCUT2D eigenvalue weighted by molar-refractivity contribution is -0.159. The molecule has 0 amide bonds. The molecule has 9 heteroatoms. The number of piperidine rings is 1. The van der Waals surface area contributed by atoms with Crippen molar-refractivity contribution in [1.82, 2.24) is 9.55 Å². The zero-order valence-electron chi connectivity index (χ0n) is 20.7. The van der Waals surface area contributed by atoms with Crippen LogP contribution >= 0.6 is 0 Å². The summed E-state index contributed by atoms with van der Waals surface area (Å²) in [5.74, 6) is -0.859. The van der Waals surface area contributed by atoms with Crippen molar-refractivity contribution in [1.29, 1.82) is 0 Å². The summed E-state index contributed by atoms with van der Waals surface area (Å²) in [5, 5.41) is 14.8. The van der Waals surface area contributed by atoms with E-state index in [1.54, 1.807) is 24.0 Å². The number of allylic oxidation sites excluding steroid dienone is 1. The van der Waals surface area contributed by atoms with Crippen molar-refractivity contribution in [2.45, 2.75) is 44.9 Å². The number of aliphatic carboxylic acids is 2. The molecule has 0 bridgehead atoms. The highest BCUT2D eigenvalue weighted by Gasteiger charge is 2.21. The van der Waals surface area contributed by atoms with Crippen LogP contribution in [0.2, 0.25) is 0 Å². The number of carbonyl (C=O) groups is 2. The van der Waals surface area contributed by atoms with Crippen molar-refractivity contribution in [3.8, 4) is 5.75 Å². The van der Waals surface area contributed by atoms with Crippen LogP contribution in [0.3, 0.4) is 0 Å². The molecule has 1 aliphatic carbocycles. The molecule has 0 unspecified atom stereocenters. The van der Waals surface area contributed by atoms with E-state index >= 15 is 0 Å². The maximum absolute atomic E-state index is 12.3. The van der Waals surface area contributed by atoms with Crippen LogP contribution in [-0.4, -0.2) is 51.4 Å². The van der Waals surface area contributed by atoms with Crippen LogP contribution in [-0.2, 0) is 16.6 Å². The van der Waals surface area contributed by atoms with Gasteiger partial charge in [-0.15, -0.1) is 0 Å². The van der Waals surface area contributed by atoms with Crippen LogP contribution in [0.25, 0.3) is 6.08 Å². The summed E-state index contributed by atoms with van der Waals surface area (Å²) in [7, 11) is 1.77. The van der Waals surface area contributed by atoms with E-state index in [0.717, 1.165) is 43.9 Å².